The topological polar surface area (TPSA) is 78.3 Å². The molecule has 154 valence electrons. The molecule has 7 heteroatoms. The van der Waals surface area contributed by atoms with Gasteiger partial charge in [0.05, 0.1) is 18.3 Å². The zero-order valence-corrected chi connectivity index (χ0v) is 16.6. The first kappa shape index (κ1) is 19.8. The van der Waals surface area contributed by atoms with Crippen molar-refractivity contribution in [3.63, 3.8) is 0 Å². The van der Waals surface area contributed by atoms with Crippen LogP contribution in [0.3, 0.4) is 0 Å². The molecule has 2 fully saturated rings. The summed E-state index contributed by atoms with van der Waals surface area (Å²) in [6, 6.07) is 5.83. The van der Waals surface area contributed by atoms with Gasteiger partial charge in [-0.1, -0.05) is 0 Å². The van der Waals surface area contributed by atoms with E-state index < -0.39 is 6.10 Å². The maximum absolute atomic E-state index is 13.4. The van der Waals surface area contributed by atoms with Crippen LogP contribution in [0.15, 0.2) is 30.5 Å². The number of hydrogen-bond donors (Lipinski definition) is 2. The number of hydrogen-bond acceptors (Lipinski definition) is 5. The number of aliphatic hydroxyl groups excluding tert-OH is 1. The number of benzene rings is 1. The summed E-state index contributed by atoms with van der Waals surface area (Å²) in [7, 11) is 0. The fraction of sp³-hybridized carbons (Fsp3) is 0.500. The molecule has 2 atom stereocenters. The maximum Gasteiger partial charge on any atom is 0.271 e. The highest BCUT2D eigenvalue weighted by Gasteiger charge is 2.35. The van der Waals surface area contributed by atoms with Crippen molar-refractivity contribution in [2.75, 3.05) is 18.0 Å². The first-order chi connectivity index (χ1) is 14.0. The van der Waals surface area contributed by atoms with Crippen LogP contribution in [0.2, 0.25) is 0 Å². The number of aliphatic hydroxyl groups is 1. The summed E-state index contributed by atoms with van der Waals surface area (Å²) in [6.45, 7) is 3.47. The molecule has 1 aromatic heterocycles. The minimum absolute atomic E-state index is 0.205. The van der Waals surface area contributed by atoms with E-state index in [1.54, 1.807) is 19.1 Å². The molecule has 1 aliphatic carbocycles. The van der Waals surface area contributed by atoms with Crippen LogP contribution >= 0.6 is 0 Å². The molecule has 2 aliphatic rings. The van der Waals surface area contributed by atoms with Gasteiger partial charge in [-0.15, -0.1) is 0 Å². The molecule has 4 rings (SSSR count). The van der Waals surface area contributed by atoms with Crippen molar-refractivity contribution < 1.29 is 14.3 Å². The summed E-state index contributed by atoms with van der Waals surface area (Å²) < 4.78 is 13.4. The molecule has 1 aliphatic heterocycles. The lowest BCUT2D eigenvalue weighted by molar-refractivity contribution is 0.0831. The van der Waals surface area contributed by atoms with E-state index >= 15 is 0 Å². The highest BCUT2D eigenvalue weighted by molar-refractivity contribution is 5.93. The van der Waals surface area contributed by atoms with Crippen LogP contribution in [0, 0.1) is 11.7 Å². The molecule has 1 saturated heterocycles. The molecule has 0 radical (unpaired) electrons. The minimum atomic E-state index is -0.622. The lowest BCUT2D eigenvalue weighted by Gasteiger charge is -2.29. The molecule has 0 spiro atoms. The Morgan fingerprint density at radius 1 is 1.21 bits per heavy atom. The van der Waals surface area contributed by atoms with E-state index in [0.29, 0.717) is 11.6 Å². The summed E-state index contributed by atoms with van der Waals surface area (Å²) in [5.74, 6) is 0.376. The van der Waals surface area contributed by atoms with Crippen molar-refractivity contribution in [2.45, 2.75) is 51.2 Å². The largest absolute Gasteiger partial charge is 0.391 e. The Labute approximate surface area is 170 Å². The van der Waals surface area contributed by atoms with Crippen molar-refractivity contribution in [3.8, 4) is 11.3 Å². The van der Waals surface area contributed by atoms with E-state index in [9.17, 15) is 14.3 Å². The average Bonchev–Trinajstić information content (AvgIpc) is 3.57. The lowest BCUT2D eigenvalue weighted by atomic mass is 10.1. The fourth-order valence-corrected chi connectivity index (χ4v) is 3.94. The van der Waals surface area contributed by atoms with E-state index in [-0.39, 0.29) is 23.5 Å². The average molecular weight is 398 g/mol. The van der Waals surface area contributed by atoms with Crippen molar-refractivity contribution in [2.24, 2.45) is 5.92 Å². The molecule has 2 N–H and O–H groups in total. The van der Waals surface area contributed by atoms with Crippen LogP contribution < -0.4 is 10.2 Å². The summed E-state index contributed by atoms with van der Waals surface area (Å²) in [4.78, 5) is 24.2. The molecule has 1 unspecified atom stereocenters. The molecule has 2 aromatic rings. The Morgan fingerprint density at radius 3 is 2.52 bits per heavy atom. The van der Waals surface area contributed by atoms with E-state index in [4.69, 9.17) is 0 Å². The van der Waals surface area contributed by atoms with Gasteiger partial charge >= 0.3 is 0 Å². The third-order valence-electron chi connectivity index (χ3n) is 5.71. The van der Waals surface area contributed by atoms with E-state index in [0.717, 1.165) is 50.2 Å². The number of nitrogens with one attached hydrogen (secondary N) is 1. The summed E-state index contributed by atoms with van der Waals surface area (Å²) in [6.07, 6.45) is 6.26. The Kier molecular flexibility index (Phi) is 5.76. The molecular formula is C22H27FN4O2. The number of aromatic nitrogens is 2. The van der Waals surface area contributed by atoms with E-state index in [2.05, 4.69) is 20.2 Å². The second-order valence-corrected chi connectivity index (χ2v) is 8.06. The Bertz CT molecular complexity index is 860. The number of piperidine rings is 1. The third-order valence-corrected chi connectivity index (χ3v) is 5.71. The van der Waals surface area contributed by atoms with E-state index in [1.165, 1.54) is 24.8 Å². The quantitative estimate of drug-likeness (QED) is 0.782. The predicted molar refractivity (Wildman–Crippen MR) is 109 cm³/mol. The van der Waals surface area contributed by atoms with E-state index in [1.807, 2.05) is 0 Å². The Hall–Kier alpha value is -2.54. The number of halogens is 1. The van der Waals surface area contributed by atoms with Crippen LogP contribution in [0.4, 0.5) is 10.2 Å². The van der Waals surface area contributed by atoms with Crippen LogP contribution in [0.1, 0.15) is 49.5 Å². The number of carbonyl (C=O) groups excluding carboxylic acids is 1. The van der Waals surface area contributed by atoms with Gasteiger partial charge in [-0.25, -0.2) is 14.4 Å². The third kappa shape index (κ3) is 4.56. The molecule has 2 heterocycles. The molecule has 1 amide bonds. The molecule has 1 saturated carbocycles. The molecule has 1 aromatic carbocycles. The highest BCUT2D eigenvalue weighted by Crippen LogP contribution is 2.34. The second kappa shape index (κ2) is 8.45. The van der Waals surface area contributed by atoms with Crippen LogP contribution in [0.5, 0.6) is 0 Å². The summed E-state index contributed by atoms with van der Waals surface area (Å²) in [5.41, 5.74) is 1.51. The van der Waals surface area contributed by atoms with Gasteiger partial charge in [-0.05, 0) is 69.2 Å². The first-order valence-electron chi connectivity index (χ1n) is 10.4. The first-order valence-corrected chi connectivity index (χ1v) is 10.4. The highest BCUT2D eigenvalue weighted by atomic mass is 19.1. The maximum atomic E-state index is 13.4. The zero-order valence-electron chi connectivity index (χ0n) is 16.6. The SMILES string of the molecule is C[C@@H](O)C(NC(=O)c1cnc(N2CCCCC2)c(-c2ccc(F)cc2)n1)C1CC1. The Balaban J connectivity index is 1.65. The molecule has 0 bridgehead atoms. The van der Waals surface area contributed by atoms with Gasteiger partial charge in [0, 0.05) is 18.7 Å². The number of nitrogens with zero attached hydrogens (tertiary/aromatic N) is 3. The van der Waals surface area contributed by atoms with Gasteiger partial charge in [0.15, 0.2) is 5.82 Å². The van der Waals surface area contributed by atoms with Gasteiger partial charge in [0.1, 0.15) is 17.2 Å². The van der Waals surface area contributed by atoms with Crippen molar-refractivity contribution in [3.05, 3.63) is 42.0 Å². The van der Waals surface area contributed by atoms with Gasteiger partial charge in [-0.3, -0.25) is 4.79 Å². The van der Waals surface area contributed by atoms with Crippen LogP contribution in [-0.2, 0) is 0 Å². The second-order valence-electron chi connectivity index (χ2n) is 8.06. The predicted octanol–water partition coefficient (Wildman–Crippen LogP) is 3.16. The normalized spacial score (nSPS) is 18.9. The number of anilines is 1. The van der Waals surface area contributed by atoms with Gasteiger partial charge in [0.25, 0.3) is 5.91 Å². The zero-order chi connectivity index (χ0) is 20.4. The minimum Gasteiger partial charge on any atom is -0.391 e. The van der Waals surface area contributed by atoms with Gasteiger partial charge < -0.3 is 15.3 Å². The lowest BCUT2D eigenvalue weighted by Crippen LogP contribution is -2.44. The van der Waals surface area contributed by atoms with Crippen molar-refractivity contribution in [1.29, 1.82) is 0 Å². The smallest absolute Gasteiger partial charge is 0.271 e. The Morgan fingerprint density at radius 2 is 1.90 bits per heavy atom. The van der Waals surface area contributed by atoms with Gasteiger partial charge in [-0.2, -0.15) is 0 Å². The number of rotatable bonds is 6. The van der Waals surface area contributed by atoms with Crippen LogP contribution in [-0.4, -0.2) is 46.2 Å². The number of carbonyl (C=O) groups is 1. The summed E-state index contributed by atoms with van der Waals surface area (Å²) in [5, 5.41) is 12.9. The monoisotopic (exact) mass is 398 g/mol. The number of amides is 1. The standard InChI is InChI=1S/C22H27FN4O2/c1-14(28)19(15-5-6-15)26-22(29)18-13-24-21(27-11-3-2-4-12-27)20(25-18)16-7-9-17(23)10-8-16/h7-10,13-15,19,28H,2-6,11-12H2,1H3,(H,26,29)/t14-,19?/m1/s1. The molecule has 6 nitrogen and oxygen atoms in total. The molecular weight excluding hydrogens is 371 g/mol. The van der Waals surface area contributed by atoms with Gasteiger partial charge in [0.2, 0.25) is 0 Å². The van der Waals surface area contributed by atoms with Crippen LogP contribution in [0.25, 0.3) is 11.3 Å². The van der Waals surface area contributed by atoms with Crippen molar-refractivity contribution in [1.82, 2.24) is 15.3 Å². The fourth-order valence-electron chi connectivity index (χ4n) is 3.94. The molecule has 29 heavy (non-hydrogen) atoms. The van der Waals surface area contributed by atoms with Crippen molar-refractivity contribution >= 4 is 11.7 Å². The summed E-state index contributed by atoms with van der Waals surface area (Å²) >= 11 is 0.